The van der Waals surface area contributed by atoms with Gasteiger partial charge in [-0.25, -0.2) is 8.42 Å². The Hall–Kier alpha value is -2.53. The van der Waals surface area contributed by atoms with Crippen molar-refractivity contribution >= 4 is 51.2 Å². The van der Waals surface area contributed by atoms with Gasteiger partial charge in [0.05, 0.1) is 22.4 Å². The Labute approximate surface area is 326 Å². The molecule has 2 N–H and O–H groups in total. The van der Waals surface area contributed by atoms with Gasteiger partial charge in [0, 0.05) is 65.2 Å². The van der Waals surface area contributed by atoms with Crippen LogP contribution in [0, 0.1) is 0 Å². The van der Waals surface area contributed by atoms with Crippen LogP contribution in [-0.2, 0) is 39.9 Å². The van der Waals surface area contributed by atoms with Gasteiger partial charge in [0.2, 0.25) is 5.69 Å². The van der Waals surface area contributed by atoms with Crippen molar-refractivity contribution in [1.82, 2.24) is 0 Å². The molecule has 0 aliphatic carbocycles. The zero-order chi connectivity index (χ0) is 36.9. The minimum absolute atomic E-state index is 0. The summed E-state index contributed by atoms with van der Waals surface area (Å²) in [4.78, 5) is 24.7. The summed E-state index contributed by atoms with van der Waals surface area (Å²) in [6.45, 7) is 11.5. The van der Waals surface area contributed by atoms with Crippen LogP contribution >= 0.6 is 12.0 Å². The number of unbranched alkanes of at least 4 members (excludes halogenated alkanes) is 4. The second-order valence-electron chi connectivity index (χ2n) is 13.8. The maximum absolute atomic E-state index is 12.0. The Kier molecular flexibility index (Phi) is 15.1. The van der Waals surface area contributed by atoms with E-state index >= 15 is 0 Å². The second-order valence-corrected chi connectivity index (χ2v) is 16.0. The number of rotatable bonds is 18. The maximum Gasteiger partial charge on any atom is 1.00 e. The number of aliphatic carboxylic acids is 2. The molecule has 0 atom stereocenters. The van der Waals surface area contributed by atoms with E-state index in [1.807, 2.05) is 39.0 Å². The molecule has 2 aliphatic heterocycles. The van der Waals surface area contributed by atoms with Crippen molar-refractivity contribution in [1.29, 1.82) is 0 Å². The molecule has 0 saturated carbocycles. The molecule has 12 nitrogen and oxygen atoms in total. The van der Waals surface area contributed by atoms with Crippen LogP contribution in [0.25, 0.3) is 0 Å². The summed E-state index contributed by atoms with van der Waals surface area (Å²) >= 11 is 0.824. The average Bonchev–Trinajstić information content (AvgIpc) is 3.37. The van der Waals surface area contributed by atoms with Crippen molar-refractivity contribution in [3.8, 4) is 0 Å². The van der Waals surface area contributed by atoms with Crippen molar-refractivity contribution in [3.05, 3.63) is 70.9 Å². The summed E-state index contributed by atoms with van der Waals surface area (Å²) in [5, 5.41) is 32.2. The first-order valence-electron chi connectivity index (χ1n) is 16.6. The van der Waals surface area contributed by atoms with Gasteiger partial charge in [0.15, 0.2) is 5.71 Å². The van der Waals surface area contributed by atoms with Crippen molar-refractivity contribution < 1.29 is 81.5 Å². The average molecular weight is 753 g/mol. The maximum atomic E-state index is 12.0. The molecule has 2 aromatic carbocycles. The van der Waals surface area contributed by atoms with Crippen LogP contribution in [-0.4, -0.2) is 58.5 Å². The Balaban J connectivity index is 0.00000702. The Morgan fingerprint density at radius 2 is 1.57 bits per heavy atom. The summed E-state index contributed by atoms with van der Waals surface area (Å²) < 4.78 is 42.7. The van der Waals surface area contributed by atoms with E-state index in [0.29, 0.717) is 43.7 Å². The Morgan fingerprint density at radius 1 is 0.922 bits per heavy atom. The molecule has 2 aromatic rings. The Morgan fingerprint density at radius 3 is 2.18 bits per heavy atom. The summed E-state index contributed by atoms with van der Waals surface area (Å²) in [6.07, 6.45) is 8.46. The third-order valence-corrected chi connectivity index (χ3v) is 10.8. The zero-order valence-corrected chi connectivity index (χ0v) is 33.7. The normalized spacial score (nSPS) is 17.0. The molecule has 2 heterocycles. The smallest absolute Gasteiger partial charge is 0.744 e. The molecule has 0 spiro atoms. The van der Waals surface area contributed by atoms with Gasteiger partial charge >= 0.3 is 41.5 Å². The van der Waals surface area contributed by atoms with E-state index < -0.39 is 32.9 Å². The number of carboxylic acid groups (broad SMARTS) is 2. The van der Waals surface area contributed by atoms with E-state index in [4.69, 9.17) is 10.2 Å². The topological polar surface area (TPSA) is 180 Å². The predicted octanol–water partition coefficient (Wildman–Crippen LogP) is 3.12. The molecule has 51 heavy (non-hydrogen) atoms. The number of carbonyl (C=O) groups is 2. The molecule has 0 fully saturated rings. The van der Waals surface area contributed by atoms with Gasteiger partial charge in [-0.15, -0.1) is 0 Å². The first-order chi connectivity index (χ1) is 23.5. The number of hydrogen-bond donors (Lipinski definition) is 2. The molecule has 4 rings (SSSR count). The van der Waals surface area contributed by atoms with Gasteiger partial charge in [-0.3, -0.25) is 14.6 Å². The fourth-order valence-electron chi connectivity index (χ4n) is 6.89. The van der Waals surface area contributed by atoms with Gasteiger partial charge in [0.25, 0.3) is 0 Å². The van der Waals surface area contributed by atoms with Crippen molar-refractivity contribution in [3.63, 3.8) is 0 Å². The number of hydrogen-bond acceptors (Lipinski definition) is 10. The molecule has 272 valence electrons. The fraction of sp³-hybridized carbons (Fsp3) is 0.472. The molecule has 0 aromatic heterocycles. The number of nitrogens with zero attached hydrogens (tertiary/aromatic N) is 2. The number of fused-ring (bicyclic) bond motifs is 2. The molecule has 0 bridgehead atoms. The number of allylic oxidation sites excluding steroid dienone is 4. The van der Waals surface area contributed by atoms with Crippen LogP contribution in [0.2, 0.25) is 0 Å². The number of benzene rings is 2. The van der Waals surface area contributed by atoms with Crippen LogP contribution in [0.1, 0.15) is 97.1 Å². The van der Waals surface area contributed by atoms with Gasteiger partial charge < -0.3 is 24.9 Å². The van der Waals surface area contributed by atoms with E-state index in [1.54, 1.807) is 6.07 Å². The summed E-state index contributed by atoms with van der Waals surface area (Å²) in [7, 11) is -4.67. The predicted molar refractivity (Wildman–Crippen MR) is 186 cm³/mol. The van der Waals surface area contributed by atoms with E-state index in [2.05, 4.69) is 44.8 Å². The summed E-state index contributed by atoms with van der Waals surface area (Å²) in [5.41, 5.74) is 5.28. The van der Waals surface area contributed by atoms with Crippen LogP contribution in [0.4, 0.5) is 11.4 Å². The molecular weight excluding hydrogens is 708 g/mol. The van der Waals surface area contributed by atoms with Gasteiger partial charge in [-0.05, 0) is 94.0 Å². The van der Waals surface area contributed by atoms with Crippen molar-refractivity contribution in [2.75, 3.05) is 18.0 Å². The standard InChI is InChI=1S/C36H46N2O10S2.Na/c1-24(20-31-35(2,3)27-22-25(49-48-47-43)14-16-29(27)37(31)18-10-6-8-12-33(39)40)21-32-36(4,5)28-23-26(50(44,45)46)15-17-30(28)38(32)19-11-7-9-13-34(41)42;/h14-17,20-23H,6-13,18-19H2,1-5H3,(H3-,39,40,41,42,43,44,45,46);/q;+1/p-1. The molecule has 0 unspecified atom stereocenters. The minimum Gasteiger partial charge on any atom is -0.744 e. The first kappa shape index (κ1) is 42.9. The monoisotopic (exact) mass is 752 g/mol. The third kappa shape index (κ3) is 10.3. The molecular formula is C36H45N2NaO10S2. The van der Waals surface area contributed by atoms with Crippen LogP contribution in [0.5, 0.6) is 0 Å². The molecule has 0 amide bonds. The van der Waals surface area contributed by atoms with Crippen molar-refractivity contribution in [2.45, 2.75) is 107 Å². The SMILES string of the molecule is CC(=C\C1=[N+](CCCCCC(=O)O)c2ccc(SOO[O-])cc2C1(C)C)/C=C1/N(CCCCCC(=O)O)c2ccc(S(=O)(=O)[O-])cc2C1(C)C.[Na+]. The van der Waals surface area contributed by atoms with E-state index in [9.17, 15) is 27.8 Å². The number of anilines is 1. The van der Waals surface area contributed by atoms with Crippen LogP contribution in [0.3, 0.4) is 0 Å². The minimum atomic E-state index is -4.67. The molecule has 2 aliphatic rings. The van der Waals surface area contributed by atoms with Gasteiger partial charge in [-0.1, -0.05) is 20.3 Å². The summed E-state index contributed by atoms with van der Waals surface area (Å²) in [5.74, 6) is -1.66. The zero-order valence-electron chi connectivity index (χ0n) is 30.1. The third-order valence-electron chi connectivity index (χ3n) is 9.45. The Bertz CT molecular complexity index is 1820. The molecule has 15 heteroatoms. The quantitative estimate of drug-likeness (QED) is 0.0433. The van der Waals surface area contributed by atoms with Crippen molar-refractivity contribution in [2.24, 2.45) is 0 Å². The van der Waals surface area contributed by atoms with E-state index in [0.717, 1.165) is 64.4 Å². The van der Waals surface area contributed by atoms with Gasteiger partial charge in [-0.2, -0.15) is 8.91 Å². The summed E-state index contributed by atoms with van der Waals surface area (Å²) in [6, 6.07) is 10.3. The largest absolute Gasteiger partial charge is 1.00 e. The second kappa shape index (κ2) is 18.0. The van der Waals surface area contributed by atoms with Gasteiger partial charge in [0.1, 0.15) is 16.7 Å². The molecule has 0 radical (unpaired) electrons. The first-order valence-corrected chi connectivity index (χ1v) is 18.8. The van der Waals surface area contributed by atoms with E-state index in [-0.39, 0.29) is 47.3 Å². The van der Waals surface area contributed by atoms with E-state index in [1.165, 1.54) is 12.1 Å². The van der Waals surface area contributed by atoms with Crippen LogP contribution in [0.15, 0.2) is 69.6 Å². The fourth-order valence-corrected chi connectivity index (χ4v) is 7.78. The van der Waals surface area contributed by atoms with Crippen LogP contribution < -0.4 is 39.7 Å². The number of carboxylic acids is 2. The molecule has 0 saturated heterocycles.